The summed E-state index contributed by atoms with van der Waals surface area (Å²) in [6.45, 7) is 4.08. The van der Waals surface area contributed by atoms with Gasteiger partial charge in [0.1, 0.15) is 5.82 Å². The minimum Gasteiger partial charge on any atom is -0.299 e. The molecule has 3 rings (SSSR count). The van der Waals surface area contributed by atoms with Crippen LogP contribution >= 0.6 is 11.6 Å². The Kier molecular flexibility index (Phi) is 6.53. The molecule has 0 saturated carbocycles. The molecule has 0 spiro atoms. The number of halogens is 2. The molecule has 142 valence electrons. The molecule has 2 aromatic rings. The summed E-state index contributed by atoms with van der Waals surface area (Å²) < 4.78 is 13.1. The molecule has 1 amide bonds. The minimum absolute atomic E-state index is 0.0577. The van der Waals surface area contributed by atoms with Crippen LogP contribution in [0.3, 0.4) is 0 Å². The number of carbonyl (C=O) groups excluding carboxylic acids is 1. The lowest BCUT2D eigenvalue weighted by atomic mass is 9.96. The fourth-order valence-electron chi connectivity index (χ4n) is 3.12. The molecule has 1 fully saturated rings. The summed E-state index contributed by atoms with van der Waals surface area (Å²) in [7, 11) is 0. The number of hydrogen-bond acceptors (Lipinski definition) is 4. The maximum Gasteiger partial charge on any atom is 0.243 e. The molecule has 1 saturated heterocycles. The lowest BCUT2D eigenvalue weighted by Gasteiger charge is -2.31. The summed E-state index contributed by atoms with van der Waals surface area (Å²) >= 11 is 6.10. The van der Waals surface area contributed by atoms with Crippen molar-refractivity contribution in [2.24, 2.45) is 11.0 Å². The zero-order valence-corrected chi connectivity index (χ0v) is 15.9. The smallest absolute Gasteiger partial charge is 0.243 e. The van der Waals surface area contributed by atoms with Crippen LogP contribution in [0.2, 0.25) is 5.02 Å². The average Bonchev–Trinajstić information content (AvgIpc) is 2.69. The van der Waals surface area contributed by atoms with Gasteiger partial charge in [0.2, 0.25) is 5.91 Å². The van der Waals surface area contributed by atoms with E-state index in [9.17, 15) is 9.18 Å². The topological polar surface area (TPSA) is 57.6 Å². The van der Waals surface area contributed by atoms with Crippen molar-refractivity contribution in [1.29, 1.82) is 0 Å². The highest BCUT2D eigenvalue weighted by Gasteiger charge is 2.25. The average molecular weight is 389 g/mol. The number of benzene rings is 1. The minimum atomic E-state index is -0.332. The van der Waals surface area contributed by atoms with Gasteiger partial charge in [-0.25, -0.2) is 9.82 Å². The summed E-state index contributed by atoms with van der Waals surface area (Å²) in [5.74, 6) is -0.450. The van der Waals surface area contributed by atoms with Gasteiger partial charge in [-0.2, -0.15) is 5.10 Å². The van der Waals surface area contributed by atoms with Crippen LogP contribution in [0.15, 0.2) is 47.8 Å². The van der Waals surface area contributed by atoms with E-state index in [-0.39, 0.29) is 17.6 Å². The molecule has 0 unspecified atom stereocenters. The summed E-state index contributed by atoms with van der Waals surface area (Å²) in [4.78, 5) is 18.7. The van der Waals surface area contributed by atoms with Crippen LogP contribution < -0.4 is 5.43 Å². The zero-order valence-electron chi connectivity index (χ0n) is 15.2. The predicted molar refractivity (Wildman–Crippen MR) is 104 cm³/mol. The molecule has 7 heteroatoms. The van der Waals surface area contributed by atoms with Gasteiger partial charge in [0, 0.05) is 35.4 Å². The molecule has 0 aliphatic carbocycles. The van der Waals surface area contributed by atoms with E-state index in [1.807, 2.05) is 19.1 Å². The molecule has 1 aliphatic rings. The Bertz CT molecular complexity index is 820. The summed E-state index contributed by atoms with van der Waals surface area (Å²) in [6.07, 6.45) is 4.92. The van der Waals surface area contributed by atoms with E-state index < -0.39 is 0 Å². The second-order valence-corrected chi connectivity index (χ2v) is 7.11. The Morgan fingerprint density at radius 1 is 1.37 bits per heavy atom. The SMILES string of the molecule is CC(=NNC(=O)C1CCN(Cc2ccc(F)cc2Cl)CC1)c1cccnc1. The van der Waals surface area contributed by atoms with Crippen LogP contribution in [0.4, 0.5) is 4.39 Å². The molecule has 0 atom stereocenters. The molecule has 1 aromatic carbocycles. The zero-order chi connectivity index (χ0) is 19.2. The standard InChI is InChI=1S/C20H22ClFN4O/c1-14(16-3-2-8-23-12-16)24-25-20(27)15-6-9-26(10-7-15)13-17-4-5-18(22)11-19(17)21/h2-5,8,11-12,15H,6-7,9-10,13H2,1H3,(H,25,27). The van der Waals surface area contributed by atoms with Crippen LogP contribution in [0, 0.1) is 11.7 Å². The lowest BCUT2D eigenvalue weighted by Crippen LogP contribution is -2.39. The van der Waals surface area contributed by atoms with Gasteiger partial charge >= 0.3 is 0 Å². The molecule has 27 heavy (non-hydrogen) atoms. The Hall–Kier alpha value is -2.31. The maximum absolute atomic E-state index is 13.1. The van der Waals surface area contributed by atoms with E-state index in [1.165, 1.54) is 12.1 Å². The van der Waals surface area contributed by atoms with Gasteiger partial charge in [-0.1, -0.05) is 23.7 Å². The van der Waals surface area contributed by atoms with Crippen molar-refractivity contribution in [2.75, 3.05) is 13.1 Å². The predicted octanol–water partition coefficient (Wildman–Crippen LogP) is 3.63. The number of hydrogen-bond donors (Lipinski definition) is 1. The van der Waals surface area contributed by atoms with Gasteiger partial charge in [0.15, 0.2) is 0 Å². The number of aromatic nitrogens is 1. The van der Waals surface area contributed by atoms with E-state index in [0.717, 1.165) is 42.8 Å². The van der Waals surface area contributed by atoms with Crippen molar-refractivity contribution >= 4 is 23.2 Å². The van der Waals surface area contributed by atoms with Gasteiger partial charge < -0.3 is 0 Å². The van der Waals surface area contributed by atoms with Crippen LogP contribution in [0.1, 0.15) is 30.9 Å². The first kappa shape index (κ1) is 19.5. The van der Waals surface area contributed by atoms with Crippen molar-refractivity contribution < 1.29 is 9.18 Å². The van der Waals surface area contributed by atoms with Gasteiger partial charge in [-0.15, -0.1) is 0 Å². The monoisotopic (exact) mass is 388 g/mol. The number of nitrogens with one attached hydrogen (secondary N) is 1. The molecule has 0 bridgehead atoms. The third-order valence-corrected chi connectivity index (χ3v) is 5.13. The second-order valence-electron chi connectivity index (χ2n) is 6.70. The third-order valence-electron chi connectivity index (χ3n) is 4.78. The first-order valence-corrected chi connectivity index (χ1v) is 9.31. The van der Waals surface area contributed by atoms with E-state index in [4.69, 9.17) is 11.6 Å². The van der Waals surface area contributed by atoms with Crippen molar-refractivity contribution in [3.63, 3.8) is 0 Å². The lowest BCUT2D eigenvalue weighted by molar-refractivity contribution is -0.126. The summed E-state index contributed by atoms with van der Waals surface area (Å²) in [5.41, 5.74) is 5.17. The van der Waals surface area contributed by atoms with Gasteiger partial charge in [0.25, 0.3) is 0 Å². The third kappa shape index (κ3) is 5.34. The Morgan fingerprint density at radius 2 is 2.15 bits per heavy atom. The fourth-order valence-corrected chi connectivity index (χ4v) is 3.34. The first-order valence-electron chi connectivity index (χ1n) is 8.94. The van der Waals surface area contributed by atoms with Crippen LogP contribution in [-0.2, 0) is 11.3 Å². The highest BCUT2D eigenvalue weighted by Crippen LogP contribution is 2.23. The Labute approximate surface area is 163 Å². The quantitative estimate of drug-likeness (QED) is 0.628. The molecule has 2 heterocycles. The number of hydrazone groups is 1. The van der Waals surface area contributed by atoms with Gasteiger partial charge in [-0.3, -0.25) is 14.7 Å². The molecule has 1 aliphatic heterocycles. The molecular formula is C20H22ClFN4O. The number of rotatable bonds is 5. The molecule has 1 aromatic heterocycles. The van der Waals surface area contributed by atoms with Crippen LogP contribution in [0.5, 0.6) is 0 Å². The van der Waals surface area contributed by atoms with E-state index in [1.54, 1.807) is 18.5 Å². The van der Waals surface area contributed by atoms with E-state index in [2.05, 4.69) is 20.4 Å². The van der Waals surface area contributed by atoms with Crippen molar-refractivity contribution in [1.82, 2.24) is 15.3 Å². The second kappa shape index (κ2) is 9.06. The maximum atomic E-state index is 13.1. The van der Waals surface area contributed by atoms with Crippen LogP contribution in [0.25, 0.3) is 0 Å². The fraction of sp³-hybridized carbons (Fsp3) is 0.350. The molecule has 0 radical (unpaired) electrons. The van der Waals surface area contributed by atoms with Crippen LogP contribution in [-0.4, -0.2) is 34.6 Å². The van der Waals surface area contributed by atoms with Crippen molar-refractivity contribution in [2.45, 2.75) is 26.3 Å². The summed E-state index contributed by atoms with van der Waals surface area (Å²) in [5, 5.41) is 4.63. The Balaban J connectivity index is 1.49. The number of carbonyl (C=O) groups is 1. The van der Waals surface area contributed by atoms with E-state index >= 15 is 0 Å². The number of piperidine rings is 1. The number of nitrogens with zero attached hydrogens (tertiary/aromatic N) is 3. The normalized spacial score (nSPS) is 16.3. The number of amides is 1. The molecular weight excluding hydrogens is 367 g/mol. The largest absolute Gasteiger partial charge is 0.299 e. The Morgan fingerprint density at radius 3 is 2.81 bits per heavy atom. The van der Waals surface area contributed by atoms with E-state index in [0.29, 0.717) is 11.6 Å². The molecule has 5 nitrogen and oxygen atoms in total. The molecule has 1 N–H and O–H groups in total. The first-order chi connectivity index (χ1) is 13.0. The highest BCUT2D eigenvalue weighted by molar-refractivity contribution is 6.31. The van der Waals surface area contributed by atoms with Crippen molar-refractivity contribution in [3.8, 4) is 0 Å². The number of likely N-dealkylation sites (tertiary alicyclic amines) is 1. The van der Waals surface area contributed by atoms with Gasteiger partial charge in [-0.05, 0) is 56.6 Å². The van der Waals surface area contributed by atoms with Crippen molar-refractivity contribution in [3.05, 3.63) is 64.7 Å². The number of pyridine rings is 1. The summed E-state index contributed by atoms with van der Waals surface area (Å²) in [6, 6.07) is 8.20. The highest BCUT2D eigenvalue weighted by atomic mass is 35.5. The van der Waals surface area contributed by atoms with Gasteiger partial charge in [0.05, 0.1) is 5.71 Å².